The molecule has 0 aliphatic carbocycles. The van der Waals surface area contributed by atoms with Gasteiger partial charge in [-0.2, -0.15) is 0 Å². The van der Waals surface area contributed by atoms with E-state index >= 15 is 0 Å². The second-order valence-corrected chi connectivity index (χ2v) is 4.51. The Morgan fingerprint density at radius 2 is 1.53 bits per heavy atom. The molecule has 2 aromatic rings. The van der Waals surface area contributed by atoms with E-state index in [4.69, 9.17) is 10.8 Å². The van der Waals surface area contributed by atoms with Crippen molar-refractivity contribution in [2.45, 2.75) is 20.8 Å². The molecule has 2 aromatic carbocycles. The van der Waals surface area contributed by atoms with Gasteiger partial charge >= 0.3 is 5.97 Å². The SMILES string of the molecule is Cc1ccc(C(=O)O)cc1.Cc1ccc(N)cc1C. The normalized spacial score (nSPS) is 9.42. The van der Waals surface area contributed by atoms with Crippen LogP contribution in [0.3, 0.4) is 0 Å². The van der Waals surface area contributed by atoms with Gasteiger partial charge in [0, 0.05) is 5.69 Å². The van der Waals surface area contributed by atoms with E-state index in [0.29, 0.717) is 5.56 Å². The Morgan fingerprint density at radius 1 is 0.947 bits per heavy atom. The Hall–Kier alpha value is -2.29. The minimum atomic E-state index is -0.875. The third-order valence-electron chi connectivity index (χ3n) is 2.83. The number of aryl methyl sites for hydroxylation is 3. The van der Waals surface area contributed by atoms with Crippen molar-refractivity contribution >= 4 is 11.7 Å². The predicted octanol–water partition coefficient (Wildman–Crippen LogP) is 3.58. The molecular weight excluding hydrogens is 238 g/mol. The maximum Gasteiger partial charge on any atom is 0.335 e. The lowest BCUT2D eigenvalue weighted by Crippen LogP contribution is -1.94. The van der Waals surface area contributed by atoms with Crippen LogP contribution in [0.5, 0.6) is 0 Å². The minimum absolute atomic E-state index is 0.339. The standard InChI is InChI=1S/C8H11N.C8H8O2/c1-6-3-4-8(9)5-7(6)2;1-6-2-4-7(5-3-6)8(9)10/h3-5H,9H2,1-2H3;2-5H,1H3,(H,9,10). The number of hydrogen-bond donors (Lipinski definition) is 2. The van der Waals surface area contributed by atoms with E-state index in [1.807, 2.05) is 25.1 Å². The number of carboxylic acid groups (broad SMARTS) is 1. The van der Waals surface area contributed by atoms with E-state index in [2.05, 4.69) is 13.8 Å². The second kappa shape index (κ2) is 6.59. The molecule has 2 rings (SSSR count). The molecule has 3 heteroatoms. The molecule has 19 heavy (non-hydrogen) atoms. The molecule has 0 aliphatic heterocycles. The van der Waals surface area contributed by atoms with E-state index in [1.165, 1.54) is 11.1 Å². The lowest BCUT2D eigenvalue weighted by atomic mass is 10.1. The lowest BCUT2D eigenvalue weighted by Gasteiger charge is -1.98. The largest absolute Gasteiger partial charge is 0.478 e. The highest BCUT2D eigenvalue weighted by molar-refractivity contribution is 5.87. The number of rotatable bonds is 1. The third kappa shape index (κ3) is 4.84. The topological polar surface area (TPSA) is 63.3 Å². The van der Waals surface area contributed by atoms with Crippen molar-refractivity contribution in [3.8, 4) is 0 Å². The van der Waals surface area contributed by atoms with Crippen LogP contribution < -0.4 is 5.73 Å². The van der Waals surface area contributed by atoms with Crippen LogP contribution in [0.15, 0.2) is 42.5 Å². The van der Waals surface area contributed by atoms with Crippen molar-refractivity contribution in [3.05, 3.63) is 64.7 Å². The van der Waals surface area contributed by atoms with Gasteiger partial charge in [-0.15, -0.1) is 0 Å². The smallest absolute Gasteiger partial charge is 0.335 e. The van der Waals surface area contributed by atoms with Gasteiger partial charge in [0.2, 0.25) is 0 Å². The van der Waals surface area contributed by atoms with E-state index in [0.717, 1.165) is 11.3 Å². The molecule has 0 fully saturated rings. The quantitative estimate of drug-likeness (QED) is 0.767. The molecular formula is C16H19NO2. The highest BCUT2D eigenvalue weighted by atomic mass is 16.4. The minimum Gasteiger partial charge on any atom is -0.478 e. The summed E-state index contributed by atoms with van der Waals surface area (Å²) in [6.45, 7) is 6.06. The molecule has 0 saturated heterocycles. The van der Waals surface area contributed by atoms with E-state index < -0.39 is 5.97 Å². The number of benzene rings is 2. The summed E-state index contributed by atoms with van der Waals surface area (Å²) < 4.78 is 0. The molecule has 3 nitrogen and oxygen atoms in total. The fraction of sp³-hybridized carbons (Fsp3) is 0.188. The summed E-state index contributed by atoms with van der Waals surface area (Å²) in [6, 6.07) is 12.7. The second-order valence-electron chi connectivity index (χ2n) is 4.51. The molecule has 0 amide bonds. The predicted molar refractivity (Wildman–Crippen MR) is 78.5 cm³/mol. The van der Waals surface area contributed by atoms with E-state index in [-0.39, 0.29) is 0 Å². The molecule has 0 unspecified atom stereocenters. The van der Waals surface area contributed by atoms with Crippen molar-refractivity contribution < 1.29 is 9.90 Å². The number of carboxylic acids is 1. The summed E-state index contributed by atoms with van der Waals surface area (Å²) in [4.78, 5) is 10.3. The molecule has 0 radical (unpaired) electrons. The lowest BCUT2D eigenvalue weighted by molar-refractivity contribution is 0.0697. The Morgan fingerprint density at radius 3 is 1.95 bits per heavy atom. The first-order valence-corrected chi connectivity index (χ1v) is 6.03. The zero-order chi connectivity index (χ0) is 14.4. The number of hydrogen-bond acceptors (Lipinski definition) is 2. The number of aromatic carboxylic acids is 1. The van der Waals surface area contributed by atoms with Crippen LogP contribution in [-0.2, 0) is 0 Å². The summed E-state index contributed by atoms with van der Waals surface area (Å²) in [5.41, 5.74) is 10.3. The van der Waals surface area contributed by atoms with Crippen LogP contribution in [-0.4, -0.2) is 11.1 Å². The van der Waals surface area contributed by atoms with Crippen LogP contribution in [0.2, 0.25) is 0 Å². The maximum absolute atomic E-state index is 10.3. The molecule has 0 bridgehead atoms. The first-order valence-electron chi connectivity index (χ1n) is 6.03. The summed E-state index contributed by atoms with van der Waals surface area (Å²) in [7, 11) is 0. The summed E-state index contributed by atoms with van der Waals surface area (Å²) in [6.07, 6.45) is 0. The fourth-order valence-electron chi connectivity index (χ4n) is 1.46. The Labute approximate surface area is 113 Å². The van der Waals surface area contributed by atoms with Crippen molar-refractivity contribution in [1.29, 1.82) is 0 Å². The number of anilines is 1. The van der Waals surface area contributed by atoms with Gasteiger partial charge in [-0.05, 0) is 56.2 Å². The van der Waals surface area contributed by atoms with Crippen molar-refractivity contribution in [3.63, 3.8) is 0 Å². The van der Waals surface area contributed by atoms with Gasteiger partial charge in [0.1, 0.15) is 0 Å². The number of nitrogens with two attached hydrogens (primary N) is 1. The van der Waals surface area contributed by atoms with Crippen LogP contribution in [0.25, 0.3) is 0 Å². The average Bonchev–Trinajstić information content (AvgIpc) is 2.35. The van der Waals surface area contributed by atoms with Crippen molar-refractivity contribution in [2.24, 2.45) is 0 Å². The maximum atomic E-state index is 10.3. The zero-order valence-corrected chi connectivity index (χ0v) is 11.5. The van der Waals surface area contributed by atoms with Gasteiger partial charge in [0.05, 0.1) is 5.56 Å². The van der Waals surface area contributed by atoms with Crippen molar-refractivity contribution in [1.82, 2.24) is 0 Å². The highest BCUT2D eigenvalue weighted by Gasteiger charge is 1.98. The van der Waals surface area contributed by atoms with Gasteiger partial charge in [-0.3, -0.25) is 0 Å². The molecule has 0 saturated carbocycles. The van der Waals surface area contributed by atoms with Gasteiger partial charge in [-0.1, -0.05) is 23.8 Å². The molecule has 0 atom stereocenters. The van der Waals surface area contributed by atoms with Gasteiger partial charge in [0.25, 0.3) is 0 Å². The summed E-state index contributed by atoms with van der Waals surface area (Å²) >= 11 is 0. The number of nitrogen functional groups attached to an aromatic ring is 1. The summed E-state index contributed by atoms with van der Waals surface area (Å²) in [5.74, 6) is -0.875. The fourth-order valence-corrected chi connectivity index (χ4v) is 1.46. The van der Waals surface area contributed by atoms with E-state index in [9.17, 15) is 4.79 Å². The van der Waals surface area contributed by atoms with Gasteiger partial charge in [-0.25, -0.2) is 4.79 Å². The molecule has 100 valence electrons. The Kier molecular flexibility index (Phi) is 5.12. The van der Waals surface area contributed by atoms with Crippen LogP contribution >= 0.6 is 0 Å². The molecule has 3 N–H and O–H groups in total. The monoisotopic (exact) mass is 257 g/mol. The Bertz CT molecular complexity index is 559. The molecule has 0 spiro atoms. The third-order valence-corrected chi connectivity index (χ3v) is 2.83. The first kappa shape index (κ1) is 14.8. The van der Waals surface area contributed by atoms with Gasteiger partial charge in [0.15, 0.2) is 0 Å². The highest BCUT2D eigenvalue weighted by Crippen LogP contribution is 2.09. The van der Waals surface area contributed by atoms with Gasteiger partial charge < -0.3 is 10.8 Å². The summed E-state index contributed by atoms with van der Waals surface area (Å²) in [5, 5.41) is 8.48. The molecule has 0 aromatic heterocycles. The number of carbonyl (C=O) groups is 1. The average molecular weight is 257 g/mol. The van der Waals surface area contributed by atoms with Crippen LogP contribution in [0, 0.1) is 20.8 Å². The van der Waals surface area contributed by atoms with Crippen LogP contribution in [0.4, 0.5) is 5.69 Å². The van der Waals surface area contributed by atoms with Crippen LogP contribution in [0.1, 0.15) is 27.0 Å². The zero-order valence-electron chi connectivity index (χ0n) is 11.5. The van der Waals surface area contributed by atoms with Crippen molar-refractivity contribution in [2.75, 3.05) is 5.73 Å². The van der Waals surface area contributed by atoms with E-state index in [1.54, 1.807) is 24.3 Å². The molecule has 0 aliphatic rings. The molecule has 0 heterocycles. The Balaban J connectivity index is 0.000000191. The first-order chi connectivity index (χ1) is 8.90.